The molecule has 0 fully saturated rings. The quantitative estimate of drug-likeness (QED) is 0.710. The van der Waals surface area contributed by atoms with Crippen LogP contribution in [0.4, 0.5) is 5.82 Å². The van der Waals surface area contributed by atoms with Crippen molar-refractivity contribution in [3.8, 4) is 0 Å². The Morgan fingerprint density at radius 1 is 1.62 bits per heavy atom. The maximum Gasteiger partial charge on any atom is 0.151 e. The SMILES string of the molecule is C=CNN(C(=C)C)c1ccccn1. The van der Waals surface area contributed by atoms with E-state index in [0.29, 0.717) is 0 Å². The fourth-order valence-corrected chi connectivity index (χ4v) is 0.949. The summed E-state index contributed by atoms with van der Waals surface area (Å²) < 4.78 is 0. The molecule has 0 saturated heterocycles. The summed E-state index contributed by atoms with van der Waals surface area (Å²) in [5.74, 6) is 0.801. The Bertz CT molecular complexity index is 292. The third-order valence-corrected chi connectivity index (χ3v) is 1.48. The van der Waals surface area contributed by atoms with E-state index in [9.17, 15) is 0 Å². The van der Waals surface area contributed by atoms with Gasteiger partial charge in [0.15, 0.2) is 5.82 Å². The van der Waals surface area contributed by atoms with E-state index in [-0.39, 0.29) is 0 Å². The largest absolute Gasteiger partial charge is 0.301 e. The second kappa shape index (κ2) is 4.30. The molecule has 0 saturated carbocycles. The van der Waals surface area contributed by atoms with Crippen LogP contribution in [0.25, 0.3) is 0 Å². The number of pyridine rings is 1. The van der Waals surface area contributed by atoms with Crippen molar-refractivity contribution in [2.75, 3.05) is 5.01 Å². The normalized spacial score (nSPS) is 9.00. The van der Waals surface area contributed by atoms with Crippen molar-refractivity contribution in [1.82, 2.24) is 10.4 Å². The lowest BCUT2D eigenvalue weighted by molar-refractivity contribution is 0.820. The highest BCUT2D eigenvalue weighted by molar-refractivity contribution is 5.42. The minimum absolute atomic E-state index is 0.801. The van der Waals surface area contributed by atoms with Gasteiger partial charge in [-0.25, -0.2) is 9.99 Å². The first kappa shape index (κ1) is 9.32. The zero-order valence-electron chi connectivity index (χ0n) is 7.70. The molecule has 68 valence electrons. The molecule has 1 N–H and O–H groups in total. The van der Waals surface area contributed by atoms with Crippen LogP contribution in [-0.2, 0) is 0 Å². The smallest absolute Gasteiger partial charge is 0.151 e. The van der Waals surface area contributed by atoms with E-state index in [4.69, 9.17) is 0 Å². The third kappa shape index (κ3) is 2.33. The van der Waals surface area contributed by atoms with Crippen LogP contribution < -0.4 is 10.4 Å². The molecule has 1 heterocycles. The Morgan fingerprint density at radius 2 is 2.38 bits per heavy atom. The van der Waals surface area contributed by atoms with Gasteiger partial charge in [0, 0.05) is 18.1 Å². The standard InChI is InChI=1S/C10H13N3/c1-4-12-13(9(2)3)10-7-5-6-8-11-10/h4-8,12H,1-2H2,3H3. The van der Waals surface area contributed by atoms with E-state index in [0.717, 1.165) is 11.5 Å². The minimum atomic E-state index is 0.801. The molecule has 1 aromatic heterocycles. The number of aromatic nitrogens is 1. The summed E-state index contributed by atoms with van der Waals surface area (Å²) >= 11 is 0. The molecule has 0 unspecified atom stereocenters. The van der Waals surface area contributed by atoms with Gasteiger partial charge in [-0.2, -0.15) is 0 Å². The predicted molar refractivity (Wildman–Crippen MR) is 54.9 cm³/mol. The zero-order chi connectivity index (χ0) is 9.68. The van der Waals surface area contributed by atoms with Gasteiger partial charge in [0.1, 0.15) is 0 Å². The molecular formula is C10H13N3. The molecule has 0 bridgehead atoms. The lowest BCUT2D eigenvalue weighted by Crippen LogP contribution is -2.32. The van der Waals surface area contributed by atoms with E-state index in [1.165, 1.54) is 0 Å². The van der Waals surface area contributed by atoms with Crippen LogP contribution in [0.1, 0.15) is 6.92 Å². The maximum atomic E-state index is 4.17. The number of nitrogens with zero attached hydrogens (tertiary/aromatic N) is 2. The molecule has 0 amide bonds. The van der Waals surface area contributed by atoms with Crippen LogP contribution in [-0.4, -0.2) is 4.98 Å². The number of anilines is 1. The van der Waals surface area contributed by atoms with Crippen LogP contribution >= 0.6 is 0 Å². The third-order valence-electron chi connectivity index (χ3n) is 1.48. The fourth-order valence-electron chi connectivity index (χ4n) is 0.949. The second-order valence-corrected chi connectivity index (χ2v) is 2.59. The Balaban J connectivity index is 2.88. The number of hydrogen-bond donors (Lipinski definition) is 1. The van der Waals surface area contributed by atoms with Gasteiger partial charge in [-0.15, -0.1) is 0 Å². The molecule has 0 atom stereocenters. The summed E-state index contributed by atoms with van der Waals surface area (Å²) in [5.41, 5.74) is 3.79. The van der Waals surface area contributed by atoms with Crippen LogP contribution in [0.2, 0.25) is 0 Å². The summed E-state index contributed by atoms with van der Waals surface area (Å²) in [4.78, 5) is 4.17. The van der Waals surface area contributed by atoms with Gasteiger partial charge in [-0.3, -0.25) is 0 Å². The van der Waals surface area contributed by atoms with Crippen LogP contribution in [0.3, 0.4) is 0 Å². The van der Waals surface area contributed by atoms with E-state index in [2.05, 4.69) is 23.6 Å². The summed E-state index contributed by atoms with van der Waals surface area (Å²) in [5, 5.41) is 1.76. The number of hydrazine groups is 1. The van der Waals surface area contributed by atoms with E-state index in [1.807, 2.05) is 25.1 Å². The first-order valence-corrected chi connectivity index (χ1v) is 3.99. The summed E-state index contributed by atoms with van der Waals surface area (Å²) in [6.07, 6.45) is 3.32. The van der Waals surface area contributed by atoms with Crippen molar-refractivity contribution in [2.24, 2.45) is 0 Å². The average Bonchev–Trinajstić information content (AvgIpc) is 2.15. The van der Waals surface area contributed by atoms with Gasteiger partial charge in [0.25, 0.3) is 0 Å². The monoisotopic (exact) mass is 175 g/mol. The van der Waals surface area contributed by atoms with E-state index >= 15 is 0 Å². The lowest BCUT2D eigenvalue weighted by Gasteiger charge is -2.22. The molecule has 3 heteroatoms. The number of rotatable bonds is 4. The molecule has 0 aliphatic rings. The predicted octanol–water partition coefficient (Wildman–Crippen LogP) is 2.07. The van der Waals surface area contributed by atoms with Gasteiger partial charge >= 0.3 is 0 Å². The first-order valence-electron chi connectivity index (χ1n) is 3.99. The first-order chi connectivity index (χ1) is 6.25. The minimum Gasteiger partial charge on any atom is -0.301 e. The number of allylic oxidation sites excluding steroid dienone is 1. The molecule has 13 heavy (non-hydrogen) atoms. The molecule has 0 aliphatic carbocycles. The van der Waals surface area contributed by atoms with Gasteiger partial charge in [-0.1, -0.05) is 19.2 Å². The summed E-state index contributed by atoms with van der Waals surface area (Å²) in [6.45, 7) is 9.31. The van der Waals surface area contributed by atoms with Crippen LogP contribution in [0.15, 0.2) is 49.5 Å². The molecule has 3 nitrogen and oxygen atoms in total. The molecule has 1 rings (SSSR count). The van der Waals surface area contributed by atoms with Gasteiger partial charge in [0.05, 0.1) is 0 Å². The Labute approximate surface area is 78.4 Å². The van der Waals surface area contributed by atoms with E-state index in [1.54, 1.807) is 17.4 Å². The van der Waals surface area contributed by atoms with E-state index < -0.39 is 0 Å². The van der Waals surface area contributed by atoms with Gasteiger partial charge < -0.3 is 5.43 Å². The molecular weight excluding hydrogens is 162 g/mol. The Kier molecular flexibility index (Phi) is 3.09. The van der Waals surface area contributed by atoms with Crippen LogP contribution in [0.5, 0.6) is 0 Å². The molecule has 0 spiro atoms. The summed E-state index contributed by atoms with van der Waals surface area (Å²) in [7, 11) is 0. The zero-order valence-corrected chi connectivity index (χ0v) is 7.70. The fraction of sp³-hybridized carbons (Fsp3) is 0.100. The van der Waals surface area contributed by atoms with Gasteiger partial charge in [0.2, 0.25) is 0 Å². The van der Waals surface area contributed by atoms with Crippen molar-refractivity contribution in [1.29, 1.82) is 0 Å². The number of hydrogen-bond acceptors (Lipinski definition) is 3. The van der Waals surface area contributed by atoms with Crippen molar-refractivity contribution in [3.05, 3.63) is 49.5 Å². The summed E-state index contributed by atoms with van der Waals surface area (Å²) in [6, 6.07) is 5.68. The average molecular weight is 175 g/mol. The Morgan fingerprint density at radius 3 is 2.85 bits per heavy atom. The van der Waals surface area contributed by atoms with Crippen molar-refractivity contribution in [3.63, 3.8) is 0 Å². The highest BCUT2D eigenvalue weighted by atomic mass is 15.5. The topological polar surface area (TPSA) is 28.2 Å². The molecule has 1 aromatic rings. The van der Waals surface area contributed by atoms with Crippen LogP contribution in [0, 0.1) is 0 Å². The van der Waals surface area contributed by atoms with Crippen molar-refractivity contribution in [2.45, 2.75) is 6.92 Å². The highest BCUT2D eigenvalue weighted by Crippen LogP contribution is 2.10. The van der Waals surface area contributed by atoms with Crippen molar-refractivity contribution >= 4 is 5.82 Å². The molecule has 0 radical (unpaired) electrons. The second-order valence-electron chi connectivity index (χ2n) is 2.59. The van der Waals surface area contributed by atoms with Crippen molar-refractivity contribution < 1.29 is 0 Å². The molecule has 0 aliphatic heterocycles. The lowest BCUT2D eigenvalue weighted by atomic mass is 10.4. The van der Waals surface area contributed by atoms with Gasteiger partial charge in [-0.05, 0) is 19.1 Å². The molecule has 0 aromatic carbocycles. The maximum absolute atomic E-state index is 4.17. The number of nitrogens with one attached hydrogen (secondary N) is 1. The highest BCUT2D eigenvalue weighted by Gasteiger charge is 2.04. The Hall–Kier alpha value is -1.77.